The fraction of sp³-hybridized carbons (Fsp3) is 0.625. The Balaban J connectivity index is 0.000000932. The summed E-state index contributed by atoms with van der Waals surface area (Å²) in [5, 5.41) is 0. The zero-order chi connectivity index (χ0) is 27.9. The van der Waals surface area contributed by atoms with E-state index in [1.165, 1.54) is 16.7 Å². The quantitative estimate of drug-likeness (QED) is 0.361. The standard InChI is InChI=1S/C22H31N3.C6H14O.C4H10/c1-9-18(19-12-15(2)10-11-16(19)3)20-13-21(23-8)25(17(4)24-20)14-22(5,6)7;1-3-5-7-6-4-2;1-4(2)3/h9-13H,14H2,1-8H3;3-6H2,1-2H3;4H,1-3H3/b18-9+,23-21?;;. The van der Waals surface area contributed by atoms with Crippen molar-refractivity contribution >= 4 is 5.57 Å². The van der Waals surface area contributed by atoms with E-state index in [0.29, 0.717) is 0 Å². The number of aromatic nitrogens is 2. The molecule has 0 bridgehead atoms. The highest BCUT2D eigenvalue weighted by molar-refractivity contribution is 5.79. The smallest absolute Gasteiger partial charge is 0.130 e. The predicted octanol–water partition coefficient (Wildman–Crippen LogP) is 8.32. The van der Waals surface area contributed by atoms with Gasteiger partial charge >= 0.3 is 0 Å². The van der Waals surface area contributed by atoms with Crippen LogP contribution in [0.1, 0.15) is 103 Å². The second-order valence-electron chi connectivity index (χ2n) is 11.3. The van der Waals surface area contributed by atoms with E-state index in [0.717, 1.165) is 61.1 Å². The van der Waals surface area contributed by atoms with Gasteiger partial charge in [0, 0.05) is 38.4 Å². The van der Waals surface area contributed by atoms with E-state index in [4.69, 9.17) is 9.72 Å². The Hall–Kier alpha value is -2.20. The van der Waals surface area contributed by atoms with Crippen molar-refractivity contribution < 1.29 is 4.74 Å². The van der Waals surface area contributed by atoms with Crippen molar-refractivity contribution in [3.05, 3.63) is 64.0 Å². The molecule has 0 N–H and O–H groups in total. The van der Waals surface area contributed by atoms with E-state index >= 15 is 0 Å². The van der Waals surface area contributed by atoms with Crippen molar-refractivity contribution in [3.63, 3.8) is 0 Å². The van der Waals surface area contributed by atoms with E-state index in [9.17, 15) is 0 Å². The van der Waals surface area contributed by atoms with Gasteiger partial charge in [-0.05, 0) is 63.0 Å². The van der Waals surface area contributed by atoms with Crippen LogP contribution in [0, 0.1) is 32.1 Å². The minimum absolute atomic E-state index is 0.175. The number of allylic oxidation sites excluding steroid dienone is 1. The lowest BCUT2D eigenvalue weighted by atomic mass is 9.95. The van der Waals surface area contributed by atoms with Gasteiger partial charge < -0.3 is 9.30 Å². The van der Waals surface area contributed by atoms with Crippen LogP contribution in [0.15, 0.2) is 35.3 Å². The molecular formula is C32H55N3O. The lowest BCUT2D eigenvalue weighted by Gasteiger charge is -2.23. The molecule has 0 aliphatic heterocycles. The van der Waals surface area contributed by atoms with E-state index < -0.39 is 0 Å². The summed E-state index contributed by atoms with van der Waals surface area (Å²) in [5.74, 6) is 1.83. The summed E-state index contributed by atoms with van der Waals surface area (Å²) in [6.07, 6.45) is 4.43. The fourth-order valence-corrected chi connectivity index (χ4v) is 3.48. The molecule has 204 valence electrons. The van der Waals surface area contributed by atoms with Crippen LogP contribution < -0.4 is 5.49 Å². The molecule has 4 nitrogen and oxygen atoms in total. The maximum absolute atomic E-state index is 5.13. The number of hydrogen-bond acceptors (Lipinski definition) is 3. The lowest BCUT2D eigenvalue weighted by molar-refractivity contribution is 0.135. The van der Waals surface area contributed by atoms with Crippen molar-refractivity contribution in [1.82, 2.24) is 9.55 Å². The minimum atomic E-state index is 0.175. The summed E-state index contributed by atoms with van der Waals surface area (Å²) in [4.78, 5) is 9.44. The number of hydrogen-bond donors (Lipinski definition) is 0. The topological polar surface area (TPSA) is 39.4 Å². The monoisotopic (exact) mass is 497 g/mol. The molecule has 36 heavy (non-hydrogen) atoms. The van der Waals surface area contributed by atoms with Gasteiger partial charge in [0.05, 0.1) is 5.69 Å². The Morgan fingerprint density at radius 3 is 2.03 bits per heavy atom. The van der Waals surface area contributed by atoms with Gasteiger partial charge in [-0.15, -0.1) is 0 Å². The molecule has 0 atom stereocenters. The average molecular weight is 498 g/mol. The lowest BCUT2D eigenvalue weighted by Crippen LogP contribution is -2.30. The van der Waals surface area contributed by atoms with Gasteiger partial charge in [0.1, 0.15) is 11.3 Å². The largest absolute Gasteiger partial charge is 0.381 e. The van der Waals surface area contributed by atoms with Crippen LogP contribution in [-0.2, 0) is 11.3 Å². The average Bonchev–Trinajstić information content (AvgIpc) is 2.78. The fourth-order valence-electron chi connectivity index (χ4n) is 3.48. The second-order valence-corrected chi connectivity index (χ2v) is 11.3. The highest BCUT2D eigenvalue weighted by Gasteiger charge is 2.16. The molecule has 2 rings (SSSR count). The Bertz CT molecular complexity index is 985. The molecule has 1 aromatic heterocycles. The third-order valence-corrected chi connectivity index (χ3v) is 5.02. The summed E-state index contributed by atoms with van der Waals surface area (Å²) in [6.45, 7) is 28.6. The first-order chi connectivity index (χ1) is 16.8. The molecule has 0 aliphatic rings. The number of rotatable bonds is 7. The maximum atomic E-state index is 5.13. The predicted molar refractivity (Wildman–Crippen MR) is 158 cm³/mol. The number of nitrogens with zero attached hydrogens (tertiary/aromatic N) is 3. The van der Waals surface area contributed by atoms with E-state index in [1.54, 1.807) is 0 Å². The van der Waals surface area contributed by atoms with E-state index in [-0.39, 0.29) is 5.41 Å². The molecule has 0 unspecified atom stereocenters. The van der Waals surface area contributed by atoms with Gasteiger partial charge in [0.2, 0.25) is 0 Å². The van der Waals surface area contributed by atoms with Gasteiger partial charge in [-0.1, -0.05) is 85.2 Å². The molecule has 2 aromatic rings. The van der Waals surface area contributed by atoms with Crippen LogP contribution in [0.3, 0.4) is 0 Å². The van der Waals surface area contributed by atoms with Crippen LogP contribution >= 0.6 is 0 Å². The molecular weight excluding hydrogens is 442 g/mol. The first kappa shape index (κ1) is 33.8. The van der Waals surface area contributed by atoms with Crippen LogP contribution in [0.5, 0.6) is 0 Å². The molecule has 0 radical (unpaired) electrons. The summed E-state index contributed by atoms with van der Waals surface area (Å²) in [6, 6.07) is 8.67. The van der Waals surface area contributed by atoms with Crippen molar-refractivity contribution in [2.24, 2.45) is 16.3 Å². The summed E-state index contributed by atoms with van der Waals surface area (Å²) in [5.41, 5.74) is 7.06. The van der Waals surface area contributed by atoms with E-state index in [2.05, 4.69) is 123 Å². The van der Waals surface area contributed by atoms with Gasteiger partial charge in [0.25, 0.3) is 0 Å². The molecule has 1 aromatic carbocycles. The zero-order valence-corrected chi connectivity index (χ0v) is 25.7. The van der Waals surface area contributed by atoms with Crippen LogP contribution in [0.4, 0.5) is 0 Å². The SMILES string of the molecule is C/C=C(/c1cc(=NC)n(CC(C)(C)C)c(C)n1)c1cc(C)ccc1C.CC(C)C.CCCOCCC. The minimum Gasteiger partial charge on any atom is -0.381 e. The summed E-state index contributed by atoms with van der Waals surface area (Å²) < 4.78 is 7.34. The number of ether oxygens (including phenoxy) is 1. The zero-order valence-electron chi connectivity index (χ0n) is 25.7. The summed E-state index contributed by atoms with van der Waals surface area (Å²) in [7, 11) is 1.85. The molecule has 0 aliphatic carbocycles. The van der Waals surface area contributed by atoms with Crippen molar-refractivity contribution in [2.45, 2.75) is 102 Å². The Labute approximate surface area is 222 Å². The van der Waals surface area contributed by atoms with Crippen molar-refractivity contribution in [3.8, 4) is 0 Å². The van der Waals surface area contributed by atoms with Gasteiger partial charge in [0.15, 0.2) is 0 Å². The third-order valence-electron chi connectivity index (χ3n) is 5.02. The Morgan fingerprint density at radius 2 is 1.58 bits per heavy atom. The van der Waals surface area contributed by atoms with Gasteiger partial charge in [-0.25, -0.2) is 4.98 Å². The molecule has 0 fully saturated rings. The Morgan fingerprint density at radius 1 is 1.03 bits per heavy atom. The normalized spacial score (nSPS) is 12.2. The molecule has 4 heteroatoms. The maximum Gasteiger partial charge on any atom is 0.130 e. The van der Waals surface area contributed by atoms with Gasteiger partial charge in [-0.3, -0.25) is 4.99 Å². The van der Waals surface area contributed by atoms with Crippen molar-refractivity contribution in [1.29, 1.82) is 0 Å². The number of aryl methyl sites for hydroxylation is 3. The van der Waals surface area contributed by atoms with Crippen molar-refractivity contribution in [2.75, 3.05) is 20.3 Å². The highest BCUT2D eigenvalue weighted by Crippen LogP contribution is 2.26. The molecule has 1 heterocycles. The Kier molecular flexibility index (Phi) is 16.2. The number of benzene rings is 1. The molecule has 0 saturated carbocycles. The van der Waals surface area contributed by atoms with Gasteiger partial charge in [-0.2, -0.15) is 0 Å². The molecule has 0 amide bonds. The third kappa shape index (κ3) is 13.2. The summed E-state index contributed by atoms with van der Waals surface area (Å²) >= 11 is 0. The van der Waals surface area contributed by atoms with Crippen LogP contribution in [0.25, 0.3) is 5.57 Å². The first-order valence-electron chi connectivity index (χ1n) is 13.6. The van der Waals surface area contributed by atoms with E-state index in [1.807, 2.05) is 7.05 Å². The van der Waals surface area contributed by atoms with Crippen LogP contribution in [0.2, 0.25) is 0 Å². The van der Waals surface area contributed by atoms with Crippen LogP contribution in [-0.4, -0.2) is 29.8 Å². The molecule has 0 spiro atoms. The molecule has 0 saturated heterocycles. The highest BCUT2D eigenvalue weighted by atomic mass is 16.5. The second kappa shape index (κ2) is 17.3. The first-order valence-corrected chi connectivity index (χ1v) is 13.6.